The Hall–Kier alpha value is -2.18. The molecule has 1 atom stereocenters. The molecule has 122 valence electrons. The highest BCUT2D eigenvalue weighted by molar-refractivity contribution is 5.94. The van der Waals surface area contributed by atoms with E-state index in [4.69, 9.17) is 0 Å². The predicted molar refractivity (Wildman–Crippen MR) is 89.1 cm³/mol. The Labute approximate surface area is 136 Å². The molecule has 23 heavy (non-hydrogen) atoms. The molecule has 1 aromatic heterocycles. The standard InChI is InChI=1S/C17H23N5O/c1-18-17(23)15-5-3-4-14(8-15)16-10-19-6-7-22(16)12-13-9-20-21(2)11-13/h3-5,8-9,11,16,19H,6-7,10,12H2,1-2H3,(H,18,23)/t16-/m1/s1. The number of rotatable bonds is 4. The van der Waals surface area contributed by atoms with Gasteiger partial charge in [-0.15, -0.1) is 0 Å². The average Bonchev–Trinajstić information content (AvgIpc) is 2.99. The summed E-state index contributed by atoms with van der Waals surface area (Å²) in [5.41, 5.74) is 3.08. The van der Waals surface area contributed by atoms with Crippen LogP contribution in [0.5, 0.6) is 0 Å². The quantitative estimate of drug-likeness (QED) is 0.881. The summed E-state index contributed by atoms with van der Waals surface area (Å²) in [4.78, 5) is 14.3. The van der Waals surface area contributed by atoms with Crippen molar-refractivity contribution >= 4 is 5.91 Å². The highest BCUT2D eigenvalue weighted by atomic mass is 16.1. The molecular weight excluding hydrogens is 290 g/mol. The van der Waals surface area contributed by atoms with Crippen LogP contribution in [0.3, 0.4) is 0 Å². The summed E-state index contributed by atoms with van der Waals surface area (Å²) in [5, 5.41) is 10.4. The number of carbonyl (C=O) groups is 1. The van der Waals surface area contributed by atoms with Gasteiger partial charge in [-0.3, -0.25) is 14.4 Å². The zero-order valence-electron chi connectivity index (χ0n) is 13.6. The maximum absolute atomic E-state index is 11.9. The van der Waals surface area contributed by atoms with Gasteiger partial charge in [0.2, 0.25) is 0 Å². The molecule has 0 saturated carbocycles. The molecule has 6 heteroatoms. The lowest BCUT2D eigenvalue weighted by atomic mass is 10.00. The number of nitrogens with zero attached hydrogens (tertiary/aromatic N) is 3. The number of hydrogen-bond acceptors (Lipinski definition) is 4. The summed E-state index contributed by atoms with van der Waals surface area (Å²) in [6.45, 7) is 3.71. The molecule has 0 radical (unpaired) electrons. The molecule has 2 aromatic rings. The first-order valence-electron chi connectivity index (χ1n) is 7.91. The monoisotopic (exact) mass is 313 g/mol. The number of piperazine rings is 1. The van der Waals surface area contributed by atoms with Gasteiger partial charge in [0.1, 0.15) is 0 Å². The number of hydrogen-bond donors (Lipinski definition) is 2. The molecule has 2 N–H and O–H groups in total. The summed E-state index contributed by atoms with van der Waals surface area (Å²) in [5.74, 6) is -0.0468. The molecule has 1 amide bonds. The summed E-state index contributed by atoms with van der Waals surface area (Å²) < 4.78 is 1.83. The molecule has 0 unspecified atom stereocenters. The summed E-state index contributed by atoms with van der Waals surface area (Å²) >= 11 is 0. The van der Waals surface area contributed by atoms with Crippen molar-refractivity contribution < 1.29 is 4.79 Å². The number of aromatic nitrogens is 2. The highest BCUT2D eigenvalue weighted by Crippen LogP contribution is 2.25. The van der Waals surface area contributed by atoms with Crippen LogP contribution < -0.4 is 10.6 Å². The van der Waals surface area contributed by atoms with Gasteiger partial charge in [-0.05, 0) is 17.7 Å². The van der Waals surface area contributed by atoms with Gasteiger partial charge in [-0.25, -0.2) is 0 Å². The number of amides is 1. The Balaban J connectivity index is 1.82. The van der Waals surface area contributed by atoms with Gasteiger partial charge >= 0.3 is 0 Å². The van der Waals surface area contributed by atoms with Crippen LogP contribution in [0, 0.1) is 0 Å². The fourth-order valence-corrected chi connectivity index (χ4v) is 3.08. The van der Waals surface area contributed by atoms with Gasteiger partial charge in [0.25, 0.3) is 5.91 Å². The molecule has 1 fully saturated rings. The van der Waals surface area contributed by atoms with Gasteiger partial charge in [0, 0.05) is 63.6 Å². The molecule has 0 bridgehead atoms. The third-order valence-corrected chi connectivity index (χ3v) is 4.26. The van der Waals surface area contributed by atoms with E-state index in [0.29, 0.717) is 5.56 Å². The fourth-order valence-electron chi connectivity index (χ4n) is 3.08. The SMILES string of the molecule is CNC(=O)c1cccc([C@H]2CNCCN2Cc2cnn(C)c2)c1. The Morgan fingerprint density at radius 2 is 2.35 bits per heavy atom. The van der Waals surface area contributed by atoms with Crippen molar-refractivity contribution in [3.63, 3.8) is 0 Å². The molecule has 6 nitrogen and oxygen atoms in total. The van der Waals surface area contributed by atoms with E-state index in [1.807, 2.05) is 36.1 Å². The van der Waals surface area contributed by atoms with Crippen LogP contribution in [0.15, 0.2) is 36.7 Å². The van der Waals surface area contributed by atoms with E-state index in [0.717, 1.165) is 26.2 Å². The van der Waals surface area contributed by atoms with Crippen LogP contribution in [0.25, 0.3) is 0 Å². The second kappa shape index (κ2) is 6.93. The molecule has 1 aliphatic heterocycles. The van der Waals surface area contributed by atoms with E-state index in [9.17, 15) is 4.79 Å². The van der Waals surface area contributed by atoms with Crippen molar-refractivity contribution in [2.24, 2.45) is 7.05 Å². The van der Waals surface area contributed by atoms with E-state index < -0.39 is 0 Å². The minimum atomic E-state index is -0.0468. The van der Waals surface area contributed by atoms with Crippen LogP contribution in [0.1, 0.15) is 27.5 Å². The third kappa shape index (κ3) is 3.60. The van der Waals surface area contributed by atoms with Crippen molar-refractivity contribution in [3.05, 3.63) is 53.3 Å². The fraction of sp³-hybridized carbons (Fsp3) is 0.412. The van der Waals surface area contributed by atoms with Crippen LogP contribution in [0.4, 0.5) is 0 Å². The first kappa shape index (κ1) is 15.7. The number of benzene rings is 1. The van der Waals surface area contributed by atoms with Gasteiger partial charge in [0.05, 0.1) is 6.20 Å². The lowest BCUT2D eigenvalue weighted by molar-refractivity contribution is 0.0962. The van der Waals surface area contributed by atoms with Crippen molar-refractivity contribution in [3.8, 4) is 0 Å². The summed E-state index contributed by atoms with van der Waals surface area (Å²) in [7, 11) is 3.59. The molecule has 0 aliphatic carbocycles. The second-order valence-corrected chi connectivity index (χ2v) is 5.92. The minimum absolute atomic E-state index is 0.0468. The number of carbonyl (C=O) groups excluding carboxylic acids is 1. The van der Waals surface area contributed by atoms with Crippen molar-refractivity contribution in [2.45, 2.75) is 12.6 Å². The Kier molecular flexibility index (Phi) is 4.73. The normalized spacial score (nSPS) is 18.8. The van der Waals surface area contributed by atoms with Crippen LogP contribution in [-0.2, 0) is 13.6 Å². The van der Waals surface area contributed by atoms with Crippen LogP contribution in [-0.4, -0.2) is 47.3 Å². The lowest BCUT2D eigenvalue weighted by Gasteiger charge is -2.36. The molecule has 1 saturated heterocycles. The van der Waals surface area contributed by atoms with Crippen molar-refractivity contribution in [1.82, 2.24) is 25.3 Å². The maximum atomic E-state index is 11.9. The minimum Gasteiger partial charge on any atom is -0.355 e. The Morgan fingerprint density at radius 1 is 1.48 bits per heavy atom. The van der Waals surface area contributed by atoms with E-state index >= 15 is 0 Å². The van der Waals surface area contributed by atoms with Crippen molar-refractivity contribution in [2.75, 3.05) is 26.7 Å². The van der Waals surface area contributed by atoms with Gasteiger partial charge < -0.3 is 10.6 Å². The van der Waals surface area contributed by atoms with E-state index in [-0.39, 0.29) is 11.9 Å². The smallest absolute Gasteiger partial charge is 0.251 e. The molecule has 1 aromatic carbocycles. The lowest BCUT2D eigenvalue weighted by Crippen LogP contribution is -2.45. The zero-order chi connectivity index (χ0) is 16.2. The second-order valence-electron chi connectivity index (χ2n) is 5.92. The summed E-state index contributed by atoms with van der Waals surface area (Å²) in [6.07, 6.45) is 3.97. The molecular formula is C17H23N5O. The maximum Gasteiger partial charge on any atom is 0.251 e. The highest BCUT2D eigenvalue weighted by Gasteiger charge is 2.24. The first-order chi connectivity index (χ1) is 11.2. The molecule has 0 spiro atoms. The molecule has 2 heterocycles. The molecule has 1 aliphatic rings. The van der Waals surface area contributed by atoms with Crippen LogP contribution >= 0.6 is 0 Å². The predicted octanol–water partition coefficient (Wildman–Crippen LogP) is 0.926. The van der Waals surface area contributed by atoms with Gasteiger partial charge in [-0.1, -0.05) is 12.1 Å². The van der Waals surface area contributed by atoms with Crippen molar-refractivity contribution in [1.29, 1.82) is 0 Å². The van der Waals surface area contributed by atoms with E-state index in [1.54, 1.807) is 7.05 Å². The average molecular weight is 313 g/mol. The zero-order valence-corrected chi connectivity index (χ0v) is 13.6. The Bertz CT molecular complexity index is 681. The topological polar surface area (TPSA) is 62.2 Å². The van der Waals surface area contributed by atoms with E-state index in [2.05, 4.69) is 32.9 Å². The van der Waals surface area contributed by atoms with Gasteiger partial charge in [0.15, 0.2) is 0 Å². The number of nitrogens with one attached hydrogen (secondary N) is 2. The van der Waals surface area contributed by atoms with E-state index in [1.165, 1.54) is 11.1 Å². The largest absolute Gasteiger partial charge is 0.355 e. The number of aryl methyl sites for hydroxylation is 1. The third-order valence-electron chi connectivity index (χ3n) is 4.26. The van der Waals surface area contributed by atoms with Gasteiger partial charge in [-0.2, -0.15) is 5.10 Å². The first-order valence-corrected chi connectivity index (χ1v) is 7.91. The summed E-state index contributed by atoms with van der Waals surface area (Å²) in [6, 6.07) is 8.15. The Morgan fingerprint density at radius 3 is 3.09 bits per heavy atom. The van der Waals surface area contributed by atoms with Crippen LogP contribution in [0.2, 0.25) is 0 Å². The molecule has 3 rings (SSSR count).